The van der Waals surface area contributed by atoms with E-state index in [0.717, 1.165) is 74.0 Å². The first-order valence-electron chi connectivity index (χ1n) is 15.9. The van der Waals surface area contributed by atoms with Gasteiger partial charge in [-0.3, -0.25) is 0 Å². The molecule has 0 aromatic heterocycles. The Morgan fingerprint density at radius 2 is 1.84 bits per heavy atom. The van der Waals surface area contributed by atoms with Gasteiger partial charge < -0.3 is 15.2 Å². The monoisotopic (exact) mass is 515 g/mol. The van der Waals surface area contributed by atoms with Crippen LogP contribution in [0, 0.1) is 46.3 Å². The molecule has 6 unspecified atom stereocenters. The molecule has 4 aliphatic carbocycles. The lowest BCUT2D eigenvalue weighted by atomic mass is 9.47. The largest absolute Gasteiger partial charge is 0.446 e. The van der Waals surface area contributed by atoms with Crippen molar-refractivity contribution in [3.63, 3.8) is 0 Å². The second-order valence-electron chi connectivity index (χ2n) is 14.3. The highest BCUT2D eigenvalue weighted by Gasteiger charge is 2.59. The van der Waals surface area contributed by atoms with Crippen LogP contribution >= 0.6 is 0 Å². The molecule has 4 heteroatoms. The van der Waals surface area contributed by atoms with E-state index in [4.69, 9.17) is 9.84 Å². The summed E-state index contributed by atoms with van der Waals surface area (Å²) in [5.74, 6) is 5.15. The topological polar surface area (TPSA) is 58.6 Å². The summed E-state index contributed by atoms with van der Waals surface area (Å²) in [6.07, 6.45) is 19.2. The molecule has 0 saturated heterocycles. The van der Waals surface area contributed by atoms with Gasteiger partial charge in [-0.05, 0) is 111 Å². The molecule has 2 N–H and O–H groups in total. The maximum absolute atomic E-state index is 12.4. The highest BCUT2D eigenvalue weighted by molar-refractivity contribution is 5.67. The normalized spacial score (nSPS) is 37.8. The van der Waals surface area contributed by atoms with E-state index in [0.29, 0.717) is 17.4 Å². The maximum Gasteiger partial charge on any atom is 0.407 e. The minimum atomic E-state index is -0.264. The fraction of sp³-hybridized carbons (Fsp3) is 0.909. The van der Waals surface area contributed by atoms with Gasteiger partial charge in [-0.1, -0.05) is 65.5 Å². The zero-order chi connectivity index (χ0) is 26.6. The molecule has 37 heavy (non-hydrogen) atoms. The Bertz CT molecular complexity index is 792. The van der Waals surface area contributed by atoms with Crippen LogP contribution in [-0.2, 0) is 4.74 Å². The number of hydrogen-bond donors (Lipinski definition) is 2. The van der Waals surface area contributed by atoms with Gasteiger partial charge in [0.25, 0.3) is 0 Å². The molecule has 3 saturated carbocycles. The van der Waals surface area contributed by atoms with Gasteiger partial charge >= 0.3 is 6.09 Å². The zero-order valence-corrected chi connectivity index (χ0v) is 24.7. The van der Waals surface area contributed by atoms with E-state index < -0.39 is 0 Å². The third-order valence-electron chi connectivity index (χ3n) is 11.6. The minimum absolute atomic E-state index is 0.0183. The van der Waals surface area contributed by atoms with E-state index >= 15 is 0 Å². The van der Waals surface area contributed by atoms with E-state index in [2.05, 4.69) is 46.0 Å². The molecule has 212 valence electrons. The summed E-state index contributed by atoms with van der Waals surface area (Å²) in [5, 5.41) is 11.8. The van der Waals surface area contributed by atoms with Crippen LogP contribution < -0.4 is 5.32 Å². The number of aliphatic hydroxyl groups is 1. The number of unbranched alkanes of at least 4 members (excludes halogenated alkanes) is 2. The standard InChI is InChI=1S/C33H57NO3/c1-23(2)10-9-11-24(3)28-14-15-29-27-13-12-25-22-26(37-31(36)34-20-7-6-8-21-35)16-18-32(25,4)30(27)17-19-33(28,29)5/h12,23-24,26-30,35H,6-11,13-22H2,1-5H3,(H,34,36)/t24?,26?,27?,28?,29?,30?,32-,33+/m0/s1. The van der Waals surface area contributed by atoms with Crippen LogP contribution in [0.3, 0.4) is 0 Å². The van der Waals surface area contributed by atoms with Gasteiger partial charge in [-0.2, -0.15) is 0 Å². The molecule has 0 aromatic rings. The summed E-state index contributed by atoms with van der Waals surface area (Å²) in [7, 11) is 0. The van der Waals surface area contributed by atoms with Crippen molar-refractivity contribution in [3.05, 3.63) is 11.6 Å². The smallest absolute Gasteiger partial charge is 0.407 e. The van der Waals surface area contributed by atoms with E-state index in [1.165, 1.54) is 51.4 Å². The Hall–Kier alpha value is -1.03. The van der Waals surface area contributed by atoms with Crippen LogP contribution in [0.25, 0.3) is 0 Å². The molecule has 8 atom stereocenters. The van der Waals surface area contributed by atoms with Gasteiger partial charge in [-0.25, -0.2) is 4.79 Å². The Labute approximate surface area is 227 Å². The summed E-state index contributed by atoms with van der Waals surface area (Å²) in [6, 6.07) is 0. The van der Waals surface area contributed by atoms with Crippen molar-refractivity contribution in [1.29, 1.82) is 0 Å². The lowest BCUT2D eigenvalue weighted by Crippen LogP contribution is -2.51. The van der Waals surface area contributed by atoms with E-state index in [9.17, 15) is 4.79 Å². The molecule has 4 rings (SSSR count). The van der Waals surface area contributed by atoms with E-state index in [-0.39, 0.29) is 18.8 Å². The Balaban J connectivity index is 1.34. The maximum atomic E-state index is 12.4. The van der Waals surface area contributed by atoms with Crippen molar-refractivity contribution >= 4 is 6.09 Å². The molecular formula is C33H57NO3. The molecule has 0 bridgehead atoms. The average molecular weight is 516 g/mol. The molecule has 0 heterocycles. The Morgan fingerprint density at radius 3 is 2.59 bits per heavy atom. The molecule has 0 radical (unpaired) electrons. The van der Waals surface area contributed by atoms with Crippen LogP contribution in [0.4, 0.5) is 4.79 Å². The highest BCUT2D eigenvalue weighted by Crippen LogP contribution is 2.67. The van der Waals surface area contributed by atoms with Gasteiger partial charge in [0.2, 0.25) is 0 Å². The van der Waals surface area contributed by atoms with E-state index in [1.807, 2.05) is 0 Å². The van der Waals surface area contributed by atoms with Crippen LogP contribution in [0.1, 0.15) is 125 Å². The van der Waals surface area contributed by atoms with Crippen molar-refractivity contribution in [2.75, 3.05) is 13.2 Å². The van der Waals surface area contributed by atoms with Crippen LogP contribution in [0.2, 0.25) is 0 Å². The lowest BCUT2D eigenvalue weighted by molar-refractivity contribution is -0.0581. The molecule has 3 fully saturated rings. The summed E-state index contributed by atoms with van der Waals surface area (Å²) in [5.41, 5.74) is 2.42. The van der Waals surface area contributed by atoms with Crippen LogP contribution in [0.15, 0.2) is 11.6 Å². The molecule has 4 aliphatic rings. The number of fused-ring (bicyclic) bond motifs is 5. The van der Waals surface area contributed by atoms with Crippen molar-refractivity contribution in [1.82, 2.24) is 5.32 Å². The first kappa shape index (κ1) is 29.0. The lowest BCUT2D eigenvalue weighted by Gasteiger charge is -2.58. The number of amides is 1. The van der Waals surface area contributed by atoms with Gasteiger partial charge in [0.05, 0.1) is 0 Å². The molecule has 0 aromatic carbocycles. The molecule has 1 amide bonds. The molecule has 4 nitrogen and oxygen atoms in total. The van der Waals surface area contributed by atoms with Crippen LogP contribution in [-0.4, -0.2) is 30.5 Å². The third-order valence-corrected chi connectivity index (χ3v) is 11.6. The second-order valence-corrected chi connectivity index (χ2v) is 14.3. The number of hydrogen-bond acceptors (Lipinski definition) is 3. The predicted octanol–water partition coefficient (Wildman–Crippen LogP) is 8.29. The summed E-state index contributed by atoms with van der Waals surface area (Å²) < 4.78 is 5.86. The average Bonchev–Trinajstić information content (AvgIpc) is 3.21. The Morgan fingerprint density at radius 1 is 1.03 bits per heavy atom. The summed E-state index contributed by atoms with van der Waals surface area (Å²) >= 11 is 0. The van der Waals surface area contributed by atoms with Crippen molar-refractivity contribution < 1.29 is 14.6 Å². The van der Waals surface area contributed by atoms with Crippen molar-refractivity contribution in [3.8, 4) is 0 Å². The van der Waals surface area contributed by atoms with E-state index in [1.54, 1.807) is 5.57 Å². The SMILES string of the molecule is CC(C)CCCC(C)C1CCC2C3CC=C4CC(OC(=O)NCCCCCO)CC[C@]4(C)C3CC[C@]12C. The number of carbonyl (C=O) groups is 1. The summed E-state index contributed by atoms with van der Waals surface area (Å²) in [4.78, 5) is 12.4. The minimum Gasteiger partial charge on any atom is -0.446 e. The van der Waals surface area contributed by atoms with Gasteiger partial charge in [0, 0.05) is 19.6 Å². The number of carbonyl (C=O) groups excluding carboxylic acids is 1. The number of alkyl carbamates (subject to hydrolysis) is 1. The van der Waals surface area contributed by atoms with Gasteiger partial charge in [0.1, 0.15) is 6.10 Å². The van der Waals surface area contributed by atoms with Crippen molar-refractivity contribution in [2.24, 2.45) is 46.3 Å². The molecular weight excluding hydrogens is 458 g/mol. The zero-order valence-electron chi connectivity index (χ0n) is 24.7. The first-order chi connectivity index (χ1) is 17.7. The molecule has 0 spiro atoms. The third kappa shape index (κ3) is 6.25. The molecule has 0 aliphatic heterocycles. The van der Waals surface area contributed by atoms with Gasteiger partial charge in [-0.15, -0.1) is 0 Å². The Kier molecular flexibility index (Phi) is 9.73. The number of aliphatic hydroxyl groups excluding tert-OH is 1. The fourth-order valence-corrected chi connectivity index (χ4v) is 9.55. The summed E-state index contributed by atoms with van der Waals surface area (Å²) in [6.45, 7) is 13.4. The van der Waals surface area contributed by atoms with Crippen LogP contribution in [0.5, 0.6) is 0 Å². The quantitative estimate of drug-likeness (QED) is 0.215. The number of ether oxygens (including phenoxy) is 1. The van der Waals surface area contributed by atoms with Crippen molar-refractivity contribution in [2.45, 2.75) is 131 Å². The number of allylic oxidation sites excluding steroid dienone is 1. The number of rotatable bonds is 11. The second kappa shape index (κ2) is 12.4. The fourth-order valence-electron chi connectivity index (χ4n) is 9.55. The number of nitrogens with one attached hydrogen (secondary N) is 1. The highest BCUT2D eigenvalue weighted by atomic mass is 16.6. The van der Waals surface area contributed by atoms with Gasteiger partial charge in [0.15, 0.2) is 0 Å². The predicted molar refractivity (Wildman–Crippen MR) is 152 cm³/mol. The first-order valence-corrected chi connectivity index (χ1v) is 15.9.